The summed E-state index contributed by atoms with van der Waals surface area (Å²) in [6.45, 7) is 0. The van der Waals surface area contributed by atoms with E-state index in [4.69, 9.17) is 0 Å². The molecule has 2 aromatic carbocycles. The van der Waals surface area contributed by atoms with Gasteiger partial charge in [-0.05, 0) is 17.7 Å². The van der Waals surface area contributed by atoms with Gasteiger partial charge in [0.25, 0.3) is 5.69 Å². The Balaban J connectivity index is 2.32. The van der Waals surface area contributed by atoms with Crippen molar-refractivity contribution >= 4 is 21.7 Å². The standard InChI is InChI=1S/C16H16N2O7S/c1-25-16(20)14(15(19)11-5-3-2-4-6-11)17-26(23,24)13-9-7-12(8-10-13)18(21)22/h2-10,14-15,17,19H,1H3. The van der Waals surface area contributed by atoms with Crippen molar-refractivity contribution in [1.29, 1.82) is 0 Å². The number of sulfonamides is 1. The van der Waals surface area contributed by atoms with E-state index in [2.05, 4.69) is 9.46 Å². The topological polar surface area (TPSA) is 136 Å². The van der Waals surface area contributed by atoms with Crippen LogP contribution in [0.3, 0.4) is 0 Å². The molecule has 0 fully saturated rings. The molecule has 0 bridgehead atoms. The Morgan fingerprint density at radius 3 is 2.23 bits per heavy atom. The van der Waals surface area contributed by atoms with Crippen LogP contribution in [-0.2, 0) is 19.6 Å². The van der Waals surface area contributed by atoms with Gasteiger partial charge in [0.05, 0.1) is 16.9 Å². The molecule has 0 amide bonds. The van der Waals surface area contributed by atoms with E-state index in [1.54, 1.807) is 18.2 Å². The number of carbonyl (C=O) groups excluding carboxylic acids is 1. The van der Waals surface area contributed by atoms with Gasteiger partial charge in [0.15, 0.2) is 0 Å². The maximum Gasteiger partial charge on any atom is 0.326 e. The van der Waals surface area contributed by atoms with Crippen LogP contribution in [0.4, 0.5) is 5.69 Å². The van der Waals surface area contributed by atoms with Crippen LogP contribution >= 0.6 is 0 Å². The SMILES string of the molecule is COC(=O)C(NS(=O)(=O)c1ccc([N+](=O)[O-])cc1)C(O)c1ccccc1. The van der Waals surface area contributed by atoms with Gasteiger partial charge in [-0.15, -0.1) is 0 Å². The van der Waals surface area contributed by atoms with Crippen molar-refractivity contribution in [3.8, 4) is 0 Å². The molecule has 138 valence electrons. The molecule has 9 nitrogen and oxygen atoms in total. The summed E-state index contributed by atoms with van der Waals surface area (Å²) < 4.78 is 31.6. The Bertz CT molecular complexity index is 883. The number of nitro groups is 1. The fourth-order valence-electron chi connectivity index (χ4n) is 2.19. The van der Waals surface area contributed by atoms with Gasteiger partial charge in [0.1, 0.15) is 12.1 Å². The summed E-state index contributed by atoms with van der Waals surface area (Å²) in [5, 5.41) is 21.1. The van der Waals surface area contributed by atoms with Crippen LogP contribution in [0.5, 0.6) is 0 Å². The van der Waals surface area contributed by atoms with Gasteiger partial charge >= 0.3 is 5.97 Å². The van der Waals surface area contributed by atoms with E-state index >= 15 is 0 Å². The van der Waals surface area contributed by atoms with Gasteiger partial charge in [-0.3, -0.25) is 14.9 Å². The Labute approximate surface area is 149 Å². The van der Waals surface area contributed by atoms with Crippen LogP contribution in [0.15, 0.2) is 59.5 Å². The molecule has 0 spiro atoms. The molecular formula is C16H16N2O7S. The number of aliphatic hydroxyl groups is 1. The van der Waals surface area contributed by atoms with E-state index in [1.165, 1.54) is 12.1 Å². The number of nitrogens with zero attached hydrogens (tertiary/aromatic N) is 1. The third-order valence-electron chi connectivity index (χ3n) is 3.55. The first kappa shape index (κ1) is 19.5. The number of nitrogens with one attached hydrogen (secondary N) is 1. The molecule has 0 aliphatic rings. The number of hydrogen-bond donors (Lipinski definition) is 2. The molecule has 0 heterocycles. The minimum absolute atomic E-state index is 0.280. The lowest BCUT2D eigenvalue weighted by Gasteiger charge is -2.22. The van der Waals surface area contributed by atoms with E-state index in [-0.39, 0.29) is 10.6 Å². The summed E-state index contributed by atoms with van der Waals surface area (Å²) in [5.41, 5.74) is 0.0343. The largest absolute Gasteiger partial charge is 0.468 e. The Morgan fingerprint density at radius 2 is 1.73 bits per heavy atom. The molecule has 2 N–H and O–H groups in total. The highest BCUT2D eigenvalue weighted by atomic mass is 32.2. The molecule has 0 saturated carbocycles. The number of esters is 1. The van der Waals surface area contributed by atoms with E-state index in [0.717, 1.165) is 31.4 Å². The summed E-state index contributed by atoms with van der Waals surface area (Å²) in [7, 11) is -3.18. The number of ether oxygens (including phenoxy) is 1. The predicted molar refractivity (Wildman–Crippen MR) is 90.6 cm³/mol. The number of non-ortho nitro benzene ring substituents is 1. The second-order valence-electron chi connectivity index (χ2n) is 5.23. The van der Waals surface area contributed by atoms with E-state index in [0.29, 0.717) is 5.56 Å². The number of hydrogen-bond acceptors (Lipinski definition) is 7. The monoisotopic (exact) mass is 380 g/mol. The molecular weight excluding hydrogens is 364 g/mol. The van der Waals surface area contributed by atoms with Crippen molar-refractivity contribution in [2.24, 2.45) is 0 Å². The molecule has 2 aromatic rings. The van der Waals surface area contributed by atoms with Crippen molar-refractivity contribution in [2.75, 3.05) is 7.11 Å². The third kappa shape index (κ3) is 4.42. The number of aliphatic hydroxyl groups excluding tert-OH is 1. The molecule has 26 heavy (non-hydrogen) atoms. The van der Waals surface area contributed by atoms with Crippen molar-refractivity contribution in [3.63, 3.8) is 0 Å². The number of carbonyl (C=O) groups is 1. The lowest BCUT2D eigenvalue weighted by Crippen LogP contribution is -2.45. The Morgan fingerprint density at radius 1 is 1.15 bits per heavy atom. The number of methoxy groups -OCH3 is 1. The van der Waals surface area contributed by atoms with Crippen molar-refractivity contribution < 1.29 is 28.0 Å². The first-order chi connectivity index (χ1) is 12.3. The Hall–Kier alpha value is -2.82. The van der Waals surface area contributed by atoms with Gasteiger partial charge in [-0.2, -0.15) is 4.72 Å². The van der Waals surface area contributed by atoms with Crippen LogP contribution in [-0.4, -0.2) is 37.6 Å². The summed E-state index contributed by atoms with van der Waals surface area (Å²) in [5.74, 6) is -0.980. The van der Waals surface area contributed by atoms with Crippen LogP contribution in [0.1, 0.15) is 11.7 Å². The number of benzene rings is 2. The molecule has 10 heteroatoms. The zero-order valence-corrected chi connectivity index (χ0v) is 14.4. The average molecular weight is 380 g/mol. The normalized spacial score (nSPS) is 13.6. The van der Waals surface area contributed by atoms with Crippen LogP contribution in [0, 0.1) is 10.1 Å². The zero-order chi connectivity index (χ0) is 19.3. The van der Waals surface area contributed by atoms with Gasteiger partial charge < -0.3 is 9.84 Å². The van der Waals surface area contributed by atoms with Crippen molar-refractivity contribution in [3.05, 3.63) is 70.3 Å². The second-order valence-corrected chi connectivity index (χ2v) is 6.94. The second kappa shape index (κ2) is 8.04. The lowest BCUT2D eigenvalue weighted by molar-refractivity contribution is -0.384. The highest BCUT2D eigenvalue weighted by molar-refractivity contribution is 7.89. The highest BCUT2D eigenvalue weighted by Gasteiger charge is 2.33. The summed E-state index contributed by atoms with van der Waals surface area (Å²) >= 11 is 0. The minimum atomic E-state index is -4.24. The fraction of sp³-hybridized carbons (Fsp3) is 0.188. The molecule has 0 aliphatic heterocycles. The number of nitro benzene ring substituents is 1. The maximum absolute atomic E-state index is 12.5. The van der Waals surface area contributed by atoms with Crippen LogP contribution < -0.4 is 4.72 Å². The summed E-state index contributed by atoms with van der Waals surface area (Å²) in [4.78, 5) is 21.7. The lowest BCUT2D eigenvalue weighted by atomic mass is 10.0. The first-order valence-electron chi connectivity index (χ1n) is 7.34. The average Bonchev–Trinajstić information content (AvgIpc) is 2.65. The smallest absolute Gasteiger partial charge is 0.326 e. The number of rotatable bonds is 7. The minimum Gasteiger partial charge on any atom is -0.468 e. The molecule has 0 aliphatic carbocycles. The van der Waals surface area contributed by atoms with Crippen LogP contribution in [0.2, 0.25) is 0 Å². The quantitative estimate of drug-likeness (QED) is 0.418. The van der Waals surface area contributed by atoms with Gasteiger partial charge in [0.2, 0.25) is 10.0 Å². The first-order valence-corrected chi connectivity index (χ1v) is 8.82. The zero-order valence-electron chi connectivity index (χ0n) is 13.6. The van der Waals surface area contributed by atoms with E-state index < -0.39 is 33.1 Å². The molecule has 2 rings (SSSR count). The molecule has 0 radical (unpaired) electrons. The third-order valence-corrected chi connectivity index (χ3v) is 5.01. The maximum atomic E-state index is 12.5. The fourth-order valence-corrected chi connectivity index (χ4v) is 3.38. The van der Waals surface area contributed by atoms with Crippen molar-refractivity contribution in [1.82, 2.24) is 4.72 Å². The van der Waals surface area contributed by atoms with Crippen LogP contribution in [0.25, 0.3) is 0 Å². The Kier molecular flexibility index (Phi) is 6.03. The van der Waals surface area contributed by atoms with Crippen molar-refractivity contribution in [2.45, 2.75) is 17.0 Å². The summed E-state index contributed by atoms with van der Waals surface area (Å²) in [6.07, 6.45) is -1.49. The molecule has 0 saturated heterocycles. The molecule has 0 aromatic heterocycles. The van der Waals surface area contributed by atoms with Gasteiger partial charge in [0, 0.05) is 12.1 Å². The summed E-state index contributed by atoms with van der Waals surface area (Å²) in [6, 6.07) is 10.5. The van der Waals surface area contributed by atoms with Gasteiger partial charge in [-0.1, -0.05) is 30.3 Å². The van der Waals surface area contributed by atoms with Gasteiger partial charge in [-0.25, -0.2) is 8.42 Å². The highest BCUT2D eigenvalue weighted by Crippen LogP contribution is 2.21. The predicted octanol–water partition coefficient (Wildman–Crippen LogP) is 1.15. The van der Waals surface area contributed by atoms with E-state index in [1.807, 2.05) is 0 Å². The van der Waals surface area contributed by atoms with E-state index in [9.17, 15) is 28.4 Å². The molecule has 2 atom stereocenters. The molecule has 2 unspecified atom stereocenters.